The fourth-order valence-corrected chi connectivity index (χ4v) is 3.43. The predicted molar refractivity (Wildman–Crippen MR) is 77.8 cm³/mol. The lowest BCUT2D eigenvalue weighted by atomic mass is 10.1. The number of nitrogens with two attached hydrogens (primary N) is 1. The molecule has 1 aliphatic rings. The van der Waals surface area contributed by atoms with Crippen LogP contribution in [-0.4, -0.2) is 29.0 Å². The van der Waals surface area contributed by atoms with Gasteiger partial charge in [-0.2, -0.15) is 11.8 Å². The van der Waals surface area contributed by atoms with Gasteiger partial charge in [0, 0.05) is 11.3 Å². The van der Waals surface area contributed by atoms with E-state index in [-0.39, 0.29) is 24.4 Å². The Morgan fingerprint density at radius 1 is 1.47 bits per heavy atom. The van der Waals surface area contributed by atoms with E-state index < -0.39 is 0 Å². The summed E-state index contributed by atoms with van der Waals surface area (Å²) in [5, 5.41) is 3.71. The standard InChI is InChI=1S/C12H24N2OS.ClH/c1-3-6-9(13)12(15)14-10-7-5-8-11(10)16-4-2;/h9-11H,3-8,13H2,1-2H3,(H,14,15);1H. The fraction of sp³-hybridized carbons (Fsp3) is 0.917. The Labute approximate surface area is 115 Å². The molecule has 1 fully saturated rings. The van der Waals surface area contributed by atoms with E-state index in [1.165, 1.54) is 12.8 Å². The van der Waals surface area contributed by atoms with E-state index in [4.69, 9.17) is 5.73 Å². The molecule has 0 spiro atoms. The summed E-state index contributed by atoms with van der Waals surface area (Å²) in [6.07, 6.45) is 5.32. The van der Waals surface area contributed by atoms with Gasteiger partial charge >= 0.3 is 0 Å². The summed E-state index contributed by atoms with van der Waals surface area (Å²) in [6.45, 7) is 4.23. The number of nitrogens with one attached hydrogen (secondary N) is 1. The maximum atomic E-state index is 11.8. The molecule has 0 aliphatic heterocycles. The first-order chi connectivity index (χ1) is 7.69. The number of carbonyl (C=O) groups excluding carboxylic acids is 1. The summed E-state index contributed by atoms with van der Waals surface area (Å²) in [7, 11) is 0. The van der Waals surface area contributed by atoms with Crippen molar-refractivity contribution in [2.24, 2.45) is 5.73 Å². The van der Waals surface area contributed by atoms with Crippen molar-refractivity contribution in [1.82, 2.24) is 5.32 Å². The van der Waals surface area contributed by atoms with Gasteiger partial charge in [-0.1, -0.05) is 26.7 Å². The third kappa shape index (κ3) is 5.49. The molecule has 0 radical (unpaired) electrons. The summed E-state index contributed by atoms with van der Waals surface area (Å²) in [5.41, 5.74) is 5.81. The van der Waals surface area contributed by atoms with Gasteiger partial charge in [0.25, 0.3) is 0 Å². The summed E-state index contributed by atoms with van der Waals surface area (Å²) in [5.74, 6) is 1.16. The molecule has 17 heavy (non-hydrogen) atoms. The molecule has 0 saturated heterocycles. The number of carbonyl (C=O) groups is 1. The third-order valence-electron chi connectivity index (χ3n) is 3.10. The molecule has 0 aromatic heterocycles. The van der Waals surface area contributed by atoms with Crippen LogP contribution in [0, 0.1) is 0 Å². The lowest BCUT2D eigenvalue weighted by Gasteiger charge is -2.22. The smallest absolute Gasteiger partial charge is 0.237 e. The number of amides is 1. The first-order valence-electron chi connectivity index (χ1n) is 6.36. The van der Waals surface area contributed by atoms with Crippen LogP contribution in [-0.2, 0) is 4.79 Å². The van der Waals surface area contributed by atoms with Crippen molar-refractivity contribution in [1.29, 1.82) is 0 Å². The van der Waals surface area contributed by atoms with Crippen LogP contribution < -0.4 is 11.1 Å². The van der Waals surface area contributed by atoms with Crippen molar-refractivity contribution in [2.45, 2.75) is 63.3 Å². The number of hydrogen-bond acceptors (Lipinski definition) is 3. The second-order valence-corrected chi connectivity index (χ2v) is 5.95. The molecule has 1 amide bonds. The summed E-state index contributed by atoms with van der Waals surface area (Å²) in [4.78, 5) is 11.8. The number of hydrogen-bond donors (Lipinski definition) is 2. The van der Waals surface area contributed by atoms with Gasteiger partial charge < -0.3 is 11.1 Å². The number of halogens is 1. The van der Waals surface area contributed by atoms with E-state index in [1.54, 1.807) is 0 Å². The molecule has 102 valence electrons. The van der Waals surface area contributed by atoms with Crippen molar-refractivity contribution in [3.8, 4) is 0 Å². The van der Waals surface area contributed by atoms with Gasteiger partial charge in [-0.15, -0.1) is 12.4 Å². The lowest BCUT2D eigenvalue weighted by molar-refractivity contribution is -0.123. The lowest BCUT2D eigenvalue weighted by Crippen LogP contribution is -2.47. The molecule has 1 saturated carbocycles. The highest BCUT2D eigenvalue weighted by molar-refractivity contribution is 7.99. The molecule has 0 aromatic carbocycles. The molecule has 3 atom stereocenters. The molecule has 1 aliphatic carbocycles. The van der Waals surface area contributed by atoms with Crippen molar-refractivity contribution >= 4 is 30.1 Å². The molecule has 3 unspecified atom stereocenters. The minimum Gasteiger partial charge on any atom is -0.351 e. The molecular weight excluding hydrogens is 256 g/mol. The summed E-state index contributed by atoms with van der Waals surface area (Å²) in [6, 6.07) is 0.0261. The highest BCUT2D eigenvalue weighted by Gasteiger charge is 2.29. The molecule has 3 N–H and O–H groups in total. The second-order valence-electron chi connectivity index (χ2n) is 4.43. The van der Waals surface area contributed by atoms with Crippen molar-refractivity contribution in [3.63, 3.8) is 0 Å². The van der Waals surface area contributed by atoms with E-state index in [0.29, 0.717) is 11.3 Å². The zero-order chi connectivity index (χ0) is 12.0. The Morgan fingerprint density at radius 3 is 2.76 bits per heavy atom. The van der Waals surface area contributed by atoms with Gasteiger partial charge in [-0.05, 0) is 25.0 Å². The average Bonchev–Trinajstić information content (AvgIpc) is 2.67. The Balaban J connectivity index is 0.00000256. The van der Waals surface area contributed by atoms with Crippen molar-refractivity contribution in [3.05, 3.63) is 0 Å². The van der Waals surface area contributed by atoms with Crippen LogP contribution >= 0.6 is 24.2 Å². The monoisotopic (exact) mass is 280 g/mol. The van der Waals surface area contributed by atoms with Crippen molar-refractivity contribution in [2.75, 3.05) is 5.75 Å². The first-order valence-corrected chi connectivity index (χ1v) is 7.41. The van der Waals surface area contributed by atoms with E-state index in [2.05, 4.69) is 19.2 Å². The molecular formula is C12H25ClN2OS. The summed E-state index contributed by atoms with van der Waals surface area (Å²) < 4.78 is 0. The Morgan fingerprint density at radius 2 is 2.18 bits per heavy atom. The number of thioether (sulfide) groups is 1. The molecule has 0 bridgehead atoms. The van der Waals surface area contributed by atoms with Gasteiger partial charge in [0.15, 0.2) is 0 Å². The molecule has 0 aromatic rings. The fourth-order valence-electron chi connectivity index (χ4n) is 2.24. The highest BCUT2D eigenvalue weighted by atomic mass is 35.5. The van der Waals surface area contributed by atoms with E-state index in [0.717, 1.165) is 25.0 Å². The zero-order valence-corrected chi connectivity index (χ0v) is 12.4. The van der Waals surface area contributed by atoms with Crippen LogP contribution in [0.15, 0.2) is 0 Å². The van der Waals surface area contributed by atoms with Gasteiger partial charge in [0.1, 0.15) is 0 Å². The Bertz CT molecular complexity index is 229. The second kappa shape index (κ2) is 9.06. The van der Waals surface area contributed by atoms with Crippen LogP contribution in [0.2, 0.25) is 0 Å². The zero-order valence-electron chi connectivity index (χ0n) is 10.8. The topological polar surface area (TPSA) is 55.1 Å². The van der Waals surface area contributed by atoms with Crippen LogP contribution in [0.3, 0.4) is 0 Å². The highest BCUT2D eigenvalue weighted by Crippen LogP contribution is 2.29. The van der Waals surface area contributed by atoms with Crippen LogP contribution in [0.4, 0.5) is 0 Å². The quantitative estimate of drug-likeness (QED) is 0.785. The van der Waals surface area contributed by atoms with Crippen molar-refractivity contribution < 1.29 is 4.79 Å². The van der Waals surface area contributed by atoms with Gasteiger partial charge in [-0.3, -0.25) is 4.79 Å². The largest absolute Gasteiger partial charge is 0.351 e. The molecule has 3 nitrogen and oxygen atoms in total. The minimum atomic E-state index is -0.321. The Kier molecular flexibility index (Phi) is 9.10. The van der Waals surface area contributed by atoms with Crippen LogP contribution in [0.5, 0.6) is 0 Å². The number of rotatable bonds is 6. The van der Waals surface area contributed by atoms with Crippen LogP contribution in [0.25, 0.3) is 0 Å². The maximum absolute atomic E-state index is 11.8. The Hall–Kier alpha value is 0.0700. The predicted octanol–water partition coefficient (Wildman–Crippen LogP) is 2.33. The maximum Gasteiger partial charge on any atom is 0.237 e. The van der Waals surface area contributed by atoms with E-state index >= 15 is 0 Å². The van der Waals surface area contributed by atoms with Gasteiger partial charge in [-0.25, -0.2) is 0 Å². The van der Waals surface area contributed by atoms with E-state index in [1.807, 2.05) is 11.8 Å². The molecule has 0 heterocycles. The first kappa shape index (κ1) is 17.1. The minimum absolute atomic E-state index is 0. The SMILES string of the molecule is CCCC(N)C(=O)NC1CCCC1SCC.Cl. The summed E-state index contributed by atoms with van der Waals surface area (Å²) >= 11 is 1.96. The van der Waals surface area contributed by atoms with Gasteiger partial charge in [0.05, 0.1) is 6.04 Å². The van der Waals surface area contributed by atoms with Crippen LogP contribution in [0.1, 0.15) is 46.0 Å². The van der Waals surface area contributed by atoms with E-state index in [9.17, 15) is 4.79 Å². The molecule has 1 rings (SSSR count). The average molecular weight is 281 g/mol. The normalized spacial score (nSPS) is 25.1. The third-order valence-corrected chi connectivity index (χ3v) is 4.42. The van der Waals surface area contributed by atoms with Gasteiger partial charge in [0.2, 0.25) is 5.91 Å². The molecule has 5 heteroatoms.